The van der Waals surface area contributed by atoms with E-state index >= 15 is 0 Å². The van der Waals surface area contributed by atoms with E-state index in [9.17, 15) is 13.6 Å². The molecular weight excluding hydrogens is 238 g/mol. The van der Waals surface area contributed by atoms with Crippen LogP contribution in [-0.4, -0.2) is 6.29 Å². The van der Waals surface area contributed by atoms with Crippen molar-refractivity contribution in [2.45, 2.75) is 6.67 Å². The molecular formula is C14H10F2O2. The zero-order chi connectivity index (χ0) is 13.0. The van der Waals surface area contributed by atoms with Crippen molar-refractivity contribution in [3.05, 3.63) is 59.4 Å². The number of ether oxygens (including phenoxy) is 1. The molecule has 0 radical (unpaired) electrons. The fraction of sp³-hybridized carbons (Fsp3) is 0.0714. The molecule has 2 nitrogen and oxygen atoms in total. The first-order valence-electron chi connectivity index (χ1n) is 5.30. The molecule has 0 aromatic heterocycles. The van der Waals surface area contributed by atoms with Crippen LogP contribution < -0.4 is 4.74 Å². The molecule has 0 spiro atoms. The van der Waals surface area contributed by atoms with Gasteiger partial charge in [0.1, 0.15) is 30.3 Å². The van der Waals surface area contributed by atoms with Gasteiger partial charge in [0.15, 0.2) is 0 Å². The number of aldehydes is 1. The van der Waals surface area contributed by atoms with Crippen molar-refractivity contribution in [3.8, 4) is 11.5 Å². The maximum Gasteiger partial charge on any atom is 0.150 e. The van der Waals surface area contributed by atoms with Gasteiger partial charge in [0.2, 0.25) is 0 Å². The van der Waals surface area contributed by atoms with E-state index in [1.54, 1.807) is 24.3 Å². The van der Waals surface area contributed by atoms with Gasteiger partial charge in [-0.25, -0.2) is 8.78 Å². The zero-order valence-electron chi connectivity index (χ0n) is 9.40. The van der Waals surface area contributed by atoms with E-state index in [1.807, 2.05) is 0 Å². The van der Waals surface area contributed by atoms with Gasteiger partial charge in [0.05, 0.1) is 0 Å². The van der Waals surface area contributed by atoms with Crippen LogP contribution in [-0.2, 0) is 6.67 Å². The molecule has 2 aromatic rings. The largest absolute Gasteiger partial charge is 0.457 e. The summed E-state index contributed by atoms with van der Waals surface area (Å²) in [5.74, 6) is 0.251. The van der Waals surface area contributed by atoms with Crippen LogP contribution in [0.5, 0.6) is 11.5 Å². The number of rotatable bonds is 4. The van der Waals surface area contributed by atoms with Crippen LogP contribution in [0.2, 0.25) is 0 Å². The van der Waals surface area contributed by atoms with Gasteiger partial charge in [-0.3, -0.25) is 4.79 Å². The van der Waals surface area contributed by atoms with Gasteiger partial charge in [0.25, 0.3) is 0 Å². The first kappa shape index (κ1) is 12.2. The van der Waals surface area contributed by atoms with Crippen molar-refractivity contribution in [1.29, 1.82) is 0 Å². The van der Waals surface area contributed by atoms with Crippen LogP contribution >= 0.6 is 0 Å². The first-order chi connectivity index (χ1) is 8.72. The quantitative estimate of drug-likeness (QED) is 0.767. The van der Waals surface area contributed by atoms with Crippen LogP contribution in [0.3, 0.4) is 0 Å². The normalized spacial score (nSPS) is 10.1. The SMILES string of the molecule is O=Cc1ccc(Oc2ccc(F)c(CF)c2)cc1. The molecule has 2 aromatic carbocycles. The van der Waals surface area contributed by atoms with Crippen LogP contribution in [0.15, 0.2) is 42.5 Å². The lowest BCUT2D eigenvalue weighted by atomic mass is 10.2. The molecule has 4 heteroatoms. The van der Waals surface area contributed by atoms with Gasteiger partial charge in [-0.2, -0.15) is 0 Å². The average Bonchev–Trinajstić information content (AvgIpc) is 2.42. The van der Waals surface area contributed by atoms with Crippen molar-refractivity contribution in [2.24, 2.45) is 0 Å². The zero-order valence-corrected chi connectivity index (χ0v) is 9.40. The molecule has 0 unspecified atom stereocenters. The Morgan fingerprint density at radius 1 is 1.06 bits per heavy atom. The van der Waals surface area contributed by atoms with Gasteiger partial charge >= 0.3 is 0 Å². The third-order valence-electron chi connectivity index (χ3n) is 2.41. The maximum absolute atomic E-state index is 13.1. The van der Waals surface area contributed by atoms with Gasteiger partial charge < -0.3 is 4.74 Å². The molecule has 0 aliphatic carbocycles. The third-order valence-corrected chi connectivity index (χ3v) is 2.41. The number of halogens is 2. The highest BCUT2D eigenvalue weighted by Gasteiger charge is 2.05. The highest BCUT2D eigenvalue weighted by Crippen LogP contribution is 2.24. The third kappa shape index (κ3) is 2.71. The fourth-order valence-electron chi connectivity index (χ4n) is 1.47. The topological polar surface area (TPSA) is 26.3 Å². The molecule has 18 heavy (non-hydrogen) atoms. The number of hydrogen-bond donors (Lipinski definition) is 0. The lowest BCUT2D eigenvalue weighted by Crippen LogP contribution is -1.90. The summed E-state index contributed by atoms with van der Waals surface area (Å²) in [5, 5.41) is 0. The van der Waals surface area contributed by atoms with Crippen LogP contribution in [0.4, 0.5) is 8.78 Å². The minimum atomic E-state index is -0.882. The summed E-state index contributed by atoms with van der Waals surface area (Å²) < 4.78 is 31.0. The molecule has 0 atom stereocenters. The molecule has 0 N–H and O–H groups in total. The second-order valence-corrected chi connectivity index (χ2v) is 3.68. The highest BCUT2D eigenvalue weighted by atomic mass is 19.1. The summed E-state index contributed by atoms with van der Waals surface area (Å²) in [6, 6.07) is 10.3. The summed E-state index contributed by atoms with van der Waals surface area (Å²) in [7, 11) is 0. The molecule has 0 bridgehead atoms. The lowest BCUT2D eigenvalue weighted by Gasteiger charge is -2.07. The van der Waals surface area contributed by atoms with E-state index in [-0.39, 0.29) is 5.56 Å². The Bertz CT molecular complexity index is 550. The minimum absolute atomic E-state index is 0.0444. The summed E-state index contributed by atoms with van der Waals surface area (Å²) >= 11 is 0. The number of carbonyl (C=O) groups excluding carboxylic acids is 1. The molecule has 0 saturated carbocycles. The van der Waals surface area contributed by atoms with Gasteiger partial charge in [-0.05, 0) is 42.5 Å². The average molecular weight is 248 g/mol. The Morgan fingerprint density at radius 2 is 1.72 bits per heavy atom. The molecule has 2 rings (SSSR count). The van der Waals surface area contributed by atoms with E-state index in [0.717, 1.165) is 12.4 Å². The van der Waals surface area contributed by atoms with Crippen molar-refractivity contribution < 1.29 is 18.3 Å². The Kier molecular flexibility index (Phi) is 3.67. The highest BCUT2D eigenvalue weighted by molar-refractivity contribution is 5.74. The molecule has 92 valence electrons. The van der Waals surface area contributed by atoms with E-state index in [0.29, 0.717) is 17.1 Å². The second kappa shape index (κ2) is 5.40. The fourth-order valence-corrected chi connectivity index (χ4v) is 1.47. The minimum Gasteiger partial charge on any atom is -0.457 e. The first-order valence-corrected chi connectivity index (χ1v) is 5.30. The molecule has 0 amide bonds. The van der Waals surface area contributed by atoms with Crippen LogP contribution in [0.25, 0.3) is 0 Å². The maximum atomic E-state index is 13.1. The van der Waals surface area contributed by atoms with Crippen molar-refractivity contribution >= 4 is 6.29 Å². The Hall–Kier alpha value is -2.23. The molecule has 0 aliphatic heterocycles. The molecule has 0 heterocycles. The molecule has 0 saturated heterocycles. The van der Waals surface area contributed by atoms with Crippen LogP contribution in [0, 0.1) is 5.82 Å². The van der Waals surface area contributed by atoms with E-state index in [1.165, 1.54) is 12.1 Å². The molecule has 0 aliphatic rings. The molecule has 0 fully saturated rings. The Morgan fingerprint density at radius 3 is 2.33 bits per heavy atom. The van der Waals surface area contributed by atoms with Crippen molar-refractivity contribution in [2.75, 3.05) is 0 Å². The predicted octanol–water partition coefficient (Wildman–Crippen LogP) is 3.90. The monoisotopic (exact) mass is 248 g/mol. The van der Waals surface area contributed by atoms with E-state index < -0.39 is 12.5 Å². The smallest absolute Gasteiger partial charge is 0.150 e. The summed E-state index contributed by atoms with van der Waals surface area (Å²) in [6.45, 7) is -0.882. The number of hydrogen-bond acceptors (Lipinski definition) is 2. The van der Waals surface area contributed by atoms with Crippen molar-refractivity contribution in [1.82, 2.24) is 0 Å². The number of benzene rings is 2. The van der Waals surface area contributed by atoms with Crippen LogP contribution in [0.1, 0.15) is 15.9 Å². The summed E-state index contributed by atoms with van der Waals surface area (Å²) in [6.07, 6.45) is 0.725. The Balaban J connectivity index is 2.19. The second-order valence-electron chi connectivity index (χ2n) is 3.68. The summed E-state index contributed by atoms with van der Waals surface area (Å²) in [5.41, 5.74) is 0.489. The van der Waals surface area contributed by atoms with Gasteiger partial charge in [-0.15, -0.1) is 0 Å². The lowest BCUT2D eigenvalue weighted by molar-refractivity contribution is 0.112. The number of alkyl halides is 1. The van der Waals surface area contributed by atoms with E-state index in [4.69, 9.17) is 4.74 Å². The van der Waals surface area contributed by atoms with Gasteiger partial charge in [0, 0.05) is 11.1 Å². The van der Waals surface area contributed by atoms with Gasteiger partial charge in [-0.1, -0.05) is 0 Å². The standard InChI is InChI=1S/C14H10F2O2/c15-8-11-7-13(5-6-14(11)16)18-12-3-1-10(9-17)2-4-12/h1-7,9H,8H2. The summed E-state index contributed by atoms with van der Waals surface area (Å²) in [4.78, 5) is 10.5. The Labute approximate surface area is 103 Å². The predicted molar refractivity (Wildman–Crippen MR) is 63.1 cm³/mol. The van der Waals surface area contributed by atoms with Crippen molar-refractivity contribution in [3.63, 3.8) is 0 Å². The van der Waals surface area contributed by atoms with E-state index in [2.05, 4.69) is 0 Å². The number of carbonyl (C=O) groups is 1.